The van der Waals surface area contributed by atoms with Gasteiger partial charge < -0.3 is 19.5 Å². The van der Waals surface area contributed by atoms with Gasteiger partial charge in [-0.15, -0.1) is 0 Å². The van der Waals surface area contributed by atoms with E-state index in [1.165, 1.54) is 0 Å². The topological polar surface area (TPSA) is 88.9 Å². The van der Waals surface area contributed by atoms with E-state index in [2.05, 4.69) is 0 Å². The van der Waals surface area contributed by atoms with Crippen molar-refractivity contribution in [3.63, 3.8) is 0 Å². The van der Waals surface area contributed by atoms with Gasteiger partial charge in [0.15, 0.2) is 12.3 Å². The Morgan fingerprint density at radius 1 is 1.41 bits per heavy atom. The molecule has 0 aliphatic rings. The summed E-state index contributed by atoms with van der Waals surface area (Å²) in [5.74, 6) is -0.413. The second kappa shape index (κ2) is 7.44. The first kappa shape index (κ1) is 16.5. The number of hydrogen-bond donors (Lipinski definition) is 1. The van der Waals surface area contributed by atoms with Crippen molar-refractivity contribution in [1.82, 2.24) is 4.57 Å². The van der Waals surface area contributed by atoms with Gasteiger partial charge in [-0.2, -0.15) is 0 Å². The highest BCUT2D eigenvalue weighted by molar-refractivity contribution is 5.77. The monoisotopic (exact) mass is 310 g/mol. The number of aromatic nitrogens is 1. The molecule has 0 fully saturated rings. The molecular formula is C15H22N2O5. The Labute approximate surface area is 128 Å². The standard InChI is InChI=1S/C15H22N2O5/c1-4-21-22-8-11-7-13-12(5-6-19-13)17(11)9-20-15(18)14(16)10(2)3/h5-7,10,14H,4,8-9,16H2,1-3H3. The quantitative estimate of drug-likeness (QED) is 0.348. The molecular weight excluding hydrogens is 288 g/mol. The van der Waals surface area contributed by atoms with E-state index < -0.39 is 12.0 Å². The van der Waals surface area contributed by atoms with Crippen molar-refractivity contribution in [1.29, 1.82) is 0 Å². The van der Waals surface area contributed by atoms with Crippen LogP contribution < -0.4 is 5.73 Å². The van der Waals surface area contributed by atoms with Crippen molar-refractivity contribution >= 4 is 17.1 Å². The third-order valence-electron chi connectivity index (χ3n) is 3.34. The third kappa shape index (κ3) is 3.68. The molecule has 0 radical (unpaired) electrons. The van der Waals surface area contributed by atoms with Gasteiger partial charge in [0.1, 0.15) is 12.6 Å². The lowest BCUT2D eigenvalue weighted by Gasteiger charge is -2.16. The number of hydrogen-bond acceptors (Lipinski definition) is 6. The summed E-state index contributed by atoms with van der Waals surface area (Å²) in [4.78, 5) is 21.8. The molecule has 1 atom stereocenters. The van der Waals surface area contributed by atoms with Crippen LogP contribution in [0.15, 0.2) is 22.8 Å². The average Bonchev–Trinajstić information content (AvgIpc) is 3.05. The summed E-state index contributed by atoms with van der Waals surface area (Å²) in [5, 5.41) is 0. The SMILES string of the molecule is CCOOCc1cc2occc2n1COC(=O)C(N)C(C)C. The molecule has 2 aromatic heterocycles. The number of carbonyl (C=O) groups is 1. The van der Waals surface area contributed by atoms with Gasteiger partial charge in [-0.1, -0.05) is 13.8 Å². The fourth-order valence-corrected chi connectivity index (χ4v) is 1.98. The molecule has 2 rings (SSSR count). The van der Waals surface area contributed by atoms with Crippen LogP contribution in [0, 0.1) is 5.92 Å². The van der Waals surface area contributed by atoms with E-state index >= 15 is 0 Å². The zero-order valence-electron chi connectivity index (χ0n) is 13.1. The molecule has 1 unspecified atom stereocenters. The van der Waals surface area contributed by atoms with Crippen LogP contribution in [0.4, 0.5) is 0 Å². The molecule has 0 amide bonds. The van der Waals surface area contributed by atoms with E-state index in [4.69, 9.17) is 24.7 Å². The second-order valence-corrected chi connectivity index (χ2v) is 5.26. The zero-order chi connectivity index (χ0) is 16.1. The molecule has 0 aliphatic carbocycles. The molecule has 0 bridgehead atoms. The number of furan rings is 1. The van der Waals surface area contributed by atoms with Crippen LogP contribution in [0.25, 0.3) is 11.1 Å². The molecule has 0 saturated carbocycles. The van der Waals surface area contributed by atoms with Crippen LogP contribution in [0.3, 0.4) is 0 Å². The number of nitrogens with two attached hydrogens (primary N) is 1. The fourth-order valence-electron chi connectivity index (χ4n) is 1.98. The van der Waals surface area contributed by atoms with Crippen LogP contribution >= 0.6 is 0 Å². The number of carbonyl (C=O) groups excluding carboxylic acids is 1. The summed E-state index contributed by atoms with van der Waals surface area (Å²) < 4.78 is 12.4. The first-order valence-electron chi connectivity index (χ1n) is 7.26. The Bertz CT molecular complexity index is 617. The van der Waals surface area contributed by atoms with Gasteiger partial charge in [-0.05, 0) is 12.8 Å². The predicted molar refractivity (Wildman–Crippen MR) is 79.5 cm³/mol. The molecule has 0 aromatic carbocycles. The van der Waals surface area contributed by atoms with Gasteiger partial charge in [-0.25, -0.2) is 9.78 Å². The summed E-state index contributed by atoms with van der Waals surface area (Å²) in [6, 6.07) is 2.99. The van der Waals surface area contributed by atoms with Crippen molar-refractivity contribution in [2.24, 2.45) is 11.7 Å². The maximum Gasteiger partial charge on any atom is 0.324 e. The van der Waals surface area contributed by atoms with Crippen LogP contribution in [0.1, 0.15) is 26.5 Å². The number of nitrogens with zero attached hydrogens (tertiary/aromatic N) is 1. The smallest absolute Gasteiger partial charge is 0.324 e. The Balaban J connectivity index is 2.09. The lowest BCUT2D eigenvalue weighted by atomic mass is 10.1. The first-order chi connectivity index (χ1) is 10.5. The third-order valence-corrected chi connectivity index (χ3v) is 3.34. The van der Waals surface area contributed by atoms with Crippen molar-refractivity contribution in [2.45, 2.75) is 40.2 Å². The Morgan fingerprint density at radius 3 is 2.86 bits per heavy atom. The fraction of sp³-hybridized carbons (Fsp3) is 0.533. The molecule has 7 heteroatoms. The predicted octanol–water partition coefficient (Wildman–Crippen LogP) is 2.19. The largest absolute Gasteiger partial charge is 0.463 e. The minimum atomic E-state index is -0.640. The number of rotatable bonds is 8. The number of fused-ring (bicyclic) bond motifs is 1. The van der Waals surface area contributed by atoms with Crippen molar-refractivity contribution in [3.05, 3.63) is 24.1 Å². The Kier molecular flexibility index (Phi) is 5.59. The van der Waals surface area contributed by atoms with Crippen LogP contribution in [-0.4, -0.2) is 23.2 Å². The van der Waals surface area contributed by atoms with Crippen LogP contribution in [0.2, 0.25) is 0 Å². The number of ether oxygens (including phenoxy) is 1. The van der Waals surface area contributed by atoms with E-state index in [0.29, 0.717) is 12.2 Å². The summed E-state index contributed by atoms with van der Waals surface area (Å²) in [7, 11) is 0. The Hall–Kier alpha value is -1.83. The number of esters is 1. The lowest BCUT2D eigenvalue weighted by Crippen LogP contribution is -2.37. The van der Waals surface area contributed by atoms with Crippen LogP contribution in [-0.2, 0) is 32.6 Å². The minimum absolute atomic E-state index is 0.0202. The molecule has 0 saturated heterocycles. The van der Waals surface area contributed by atoms with Crippen molar-refractivity contribution in [3.8, 4) is 0 Å². The molecule has 2 heterocycles. The zero-order valence-corrected chi connectivity index (χ0v) is 13.1. The molecule has 7 nitrogen and oxygen atoms in total. The Morgan fingerprint density at radius 2 is 2.18 bits per heavy atom. The van der Waals surface area contributed by atoms with E-state index in [-0.39, 0.29) is 19.3 Å². The average molecular weight is 310 g/mol. The summed E-state index contributed by atoms with van der Waals surface area (Å²) >= 11 is 0. The molecule has 0 aliphatic heterocycles. The maximum atomic E-state index is 11.9. The molecule has 0 spiro atoms. The van der Waals surface area contributed by atoms with Crippen molar-refractivity contribution in [2.75, 3.05) is 6.61 Å². The summed E-state index contributed by atoms with van der Waals surface area (Å²) in [6.45, 7) is 6.31. The molecule has 2 N–H and O–H groups in total. The summed E-state index contributed by atoms with van der Waals surface area (Å²) in [5.41, 5.74) is 8.08. The lowest BCUT2D eigenvalue weighted by molar-refractivity contribution is -0.301. The minimum Gasteiger partial charge on any atom is -0.463 e. The van der Waals surface area contributed by atoms with Gasteiger partial charge in [-0.3, -0.25) is 4.79 Å². The highest BCUT2D eigenvalue weighted by Gasteiger charge is 2.20. The van der Waals surface area contributed by atoms with E-state index in [9.17, 15) is 4.79 Å². The normalized spacial score (nSPS) is 13.0. The van der Waals surface area contributed by atoms with E-state index in [0.717, 1.165) is 11.2 Å². The van der Waals surface area contributed by atoms with Gasteiger partial charge in [0.05, 0.1) is 24.1 Å². The van der Waals surface area contributed by atoms with Gasteiger partial charge in [0.2, 0.25) is 0 Å². The van der Waals surface area contributed by atoms with Gasteiger partial charge in [0.25, 0.3) is 0 Å². The molecule has 22 heavy (non-hydrogen) atoms. The molecule has 122 valence electrons. The molecule has 2 aromatic rings. The van der Waals surface area contributed by atoms with Crippen LogP contribution in [0.5, 0.6) is 0 Å². The first-order valence-corrected chi connectivity index (χ1v) is 7.26. The van der Waals surface area contributed by atoms with Crippen molar-refractivity contribution < 1.29 is 23.7 Å². The summed E-state index contributed by atoms with van der Waals surface area (Å²) in [6.07, 6.45) is 1.58. The van der Waals surface area contributed by atoms with E-state index in [1.807, 2.05) is 26.8 Å². The second-order valence-electron chi connectivity index (χ2n) is 5.26. The van der Waals surface area contributed by atoms with Gasteiger partial charge >= 0.3 is 5.97 Å². The van der Waals surface area contributed by atoms with Gasteiger partial charge in [0, 0.05) is 12.1 Å². The highest BCUT2D eigenvalue weighted by atomic mass is 17.2. The van der Waals surface area contributed by atoms with E-state index in [1.54, 1.807) is 16.9 Å². The maximum absolute atomic E-state index is 11.9. The highest BCUT2D eigenvalue weighted by Crippen LogP contribution is 2.22.